The summed E-state index contributed by atoms with van der Waals surface area (Å²) in [6.45, 7) is 0.397. The predicted octanol–water partition coefficient (Wildman–Crippen LogP) is 4.07. The van der Waals surface area contributed by atoms with E-state index < -0.39 is 16.9 Å². The number of nitrogens with two attached hydrogens (primary N) is 1. The zero-order valence-corrected chi connectivity index (χ0v) is 15.7. The highest BCUT2D eigenvalue weighted by Gasteiger charge is 2.33. The maximum atomic E-state index is 13.5. The van der Waals surface area contributed by atoms with Gasteiger partial charge in [-0.3, -0.25) is 4.79 Å². The number of thioether (sulfide) groups is 1. The third-order valence-electron chi connectivity index (χ3n) is 4.26. The van der Waals surface area contributed by atoms with Crippen LogP contribution in [0, 0.1) is 17.6 Å². The van der Waals surface area contributed by atoms with Crippen molar-refractivity contribution in [3.63, 3.8) is 0 Å². The molecule has 2 aromatic rings. The van der Waals surface area contributed by atoms with Crippen molar-refractivity contribution in [1.82, 2.24) is 5.32 Å². The number of halogens is 3. The first-order valence-electron chi connectivity index (χ1n) is 8.25. The van der Waals surface area contributed by atoms with E-state index in [0.717, 1.165) is 30.5 Å². The molecule has 2 unspecified atom stereocenters. The fourth-order valence-corrected chi connectivity index (χ4v) is 3.77. The highest BCUT2D eigenvalue weighted by atomic mass is 35.5. The number of rotatable bonds is 7. The van der Waals surface area contributed by atoms with Gasteiger partial charge in [-0.25, -0.2) is 8.78 Å². The van der Waals surface area contributed by atoms with Gasteiger partial charge in [0.15, 0.2) is 11.6 Å². The Hall–Kier alpha value is -1.63. The maximum Gasteiger partial charge on any atom is 0.238 e. The van der Waals surface area contributed by atoms with Crippen molar-refractivity contribution >= 4 is 30.1 Å². The van der Waals surface area contributed by atoms with Crippen molar-refractivity contribution in [1.29, 1.82) is 0 Å². The number of carbonyl (C=O) groups is 1. The van der Waals surface area contributed by atoms with Crippen LogP contribution in [0.2, 0.25) is 0 Å². The SMILES string of the molecule is Cl.NCC(NC(=O)C(Sc1ccc(F)c(F)c1)c1ccccc1)C1CC1. The zero-order chi connectivity index (χ0) is 17.8. The quantitative estimate of drug-likeness (QED) is 0.691. The second kappa shape index (κ2) is 9.35. The van der Waals surface area contributed by atoms with Crippen molar-refractivity contribution in [2.45, 2.75) is 29.0 Å². The minimum Gasteiger partial charge on any atom is -0.351 e. The van der Waals surface area contributed by atoms with Crippen molar-refractivity contribution in [2.75, 3.05) is 6.54 Å². The van der Waals surface area contributed by atoms with Gasteiger partial charge in [0.1, 0.15) is 5.25 Å². The number of hydrogen-bond donors (Lipinski definition) is 2. The summed E-state index contributed by atoms with van der Waals surface area (Å²) in [4.78, 5) is 13.3. The lowest BCUT2D eigenvalue weighted by Gasteiger charge is -2.22. The summed E-state index contributed by atoms with van der Waals surface area (Å²) in [5.41, 5.74) is 6.58. The fourth-order valence-electron chi connectivity index (χ4n) is 2.71. The molecule has 26 heavy (non-hydrogen) atoms. The van der Waals surface area contributed by atoms with Gasteiger partial charge >= 0.3 is 0 Å². The summed E-state index contributed by atoms with van der Waals surface area (Å²) >= 11 is 1.20. The van der Waals surface area contributed by atoms with E-state index in [0.29, 0.717) is 17.4 Å². The van der Waals surface area contributed by atoms with Gasteiger partial charge in [-0.15, -0.1) is 24.2 Å². The van der Waals surface area contributed by atoms with E-state index in [-0.39, 0.29) is 24.4 Å². The molecule has 1 aliphatic carbocycles. The Balaban J connectivity index is 0.00000243. The Morgan fingerprint density at radius 1 is 1.15 bits per heavy atom. The molecule has 0 saturated heterocycles. The summed E-state index contributed by atoms with van der Waals surface area (Å²) < 4.78 is 26.7. The van der Waals surface area contributed by atoms with E-state index >= 15 is 0 Å². The van der Waals surface area contributed by atoms with Gasteiger partial charge in [0, 0.05) is 17.5 Å². The summed E-state index contributed by atoms with van der Waals surface area (Å²) in [6.07, 6.45) is 2.16. The molecule has 3 N–H and O–H groups in total. The van der Waals surface area contributed by atoms with Crippen LogP contribution in [-0.4, -0.2) is 18.5 Å². The molecule has 0 spiro atoms. The van der Waals surface area contributed by atoms with Crippen LogP contribution in [0.25, 0.3) is 0 Å². The van der Waals surface area contributed by atoms with Gasteiger partial charge in [0.05, 0.1) is 0 Å². The Kier molecular flexibility index (Phi) is 7.43. The Morgan fingerprint density at radius 2 is 1.85 bits per heavy atom. The average molecular weight is 399 g/mol. The first kappa shape index (κ1) is 20.7. The molecular weight excluding hydrogens is 378 g/mol. The van der Waals surface area contributed by atoms with Gasteiger partial charge < -0.3 is 11.1 Å². The molecule has 7 heteroatoms. The van der Waals surface area contributed by atoms with Gasteiger partial charge in [-0.2, -0.15) is 0 Å². The van der Waals surface area contributed by atoms with Crippen LogP contribution in [0.3, 0.4) is 0 Å². The predicted molar refractivity (Wildman–Crippen MR) is 102 cm³/mol. The molecule has 2 aromatic carbocycles. The van der Waals surface area contributed by atoms with Crippen LogP contribution in [0.4, 0.5) is 8.78 Å². The van der Waals surface area contributed by atoms with Gasteiger partial charge in [-0.1, -0.05) is 30.3 Å². The third kappa shape index (κ3) is 5.19. The lowest BCUT2D eigenvalue weighted by molar-refractivity contribution is -0.121. The molecule has 140 valence electrons. The van der Waals surface area contributed by atoms with Crippen LogP contribution < -0.4 is 11.1 Å². The molecule has 2 atom stereocenters. The summed E-state index contributed by atoms with van der Waals surface area (Å²) in [5, 5.41) is 2.46. The van der Waals surface area contributed by atoms with Gasteiger partial charge in [-0.05, 0) is 42.5 Å². The highest BCUT2D eigenvalue weighted by Crippen LogP contribution is 2.37. The van der Waals surface area contributed by atoms with E-state index in [2.05, 4.69) is 5.32 Å². The molecule has 3 rings (SSSR count). The Bertz CT molecular complexity index is 744. The van der Waals surface area contributed by atoms with Gasteiger partial charge in [0.25, 0.3) is 0 Å². The second-order valence-corrected chi connectivity index (χ2v) is 7.35. The van der Waals surface area contributed by atoms with E-state index in [1.54, 1.807) is 0 Å². The lowest BCUT2D eigenvalue weighted by Crippen LogP contribution is -2.43. The molecule has 0 aromatic heterocycles. The minimum absolute atomic E-state index is 0. The summed E-state index contributed by atoms with van der Waals surface area (Å²) in [7, 11) is 0. The molecular formula is C19H21ClF2N2OS. The van der Waals surface area contributed by atoms with Crippen LogP contribution in [-0.2, 0) is 4.79 Å². The largest absolute Gasteiger partial charge is 0.351 e. The number of amides is 1. The van der Waals surface area contributed by atoms with Crippen molar-refractivity contribution < 1.29 is 13.6 Å². The third-order valence-corrected chi connectivity index (χ3v) is 5.51. The molecule has 0 aliphatic heterocycles. The molecule has 0 heterocycles. The molecule has 0 bridgehead atoms. The molecule has 3 nitrogen and oxygen atoms in total. The summed E-state index contributed by atoms with van der Waals surface area (Å²) in [6, 6.07) is 12.9. The molecule has 1 saturated carbocycles. The van der Waals surface area contributed by atoms with E-state index in [9.17, 15) is 13.6 Å². The first-order valence-corrected chi connectivity index (χ1v) is 9.13. The normalized spacial score (nSPS) is 15.7. The lowest BCUT2D eigenvalue weighted by atomic mass is 10.1. The Morgan fingerprint density at radius 3 is 2.42 bits per heavy atom. The molecule has 1 fully saturated rings. The Labute approximate surface area is 162 Å². The van der Waals surface area contributed by atoms with E-state index in [1.807, 2.05) is 30.3 Å². The number of benzene rings is 2. The van der Waals surface area contributed by atoms with Crippen LogP contribution in [0.5, 0.6) is 0 Å². The maximum absolute atomic E-state index is 13.5. The van der Waals surface area contributed by atoms with Gasteiger partial charge in [0.2, 0.25) is 5.91 Å². The van der Waals surface area contributed by atoms with Crippen molar-refractivity contribution in [3.05, 3.63) is 65.7 Å². The smallest absolute Gasteiger partial charge is 0.238 e. The monoisotopic (exact) mass is 398 g/mol. The number of nitrogens with one attached hydrogen (secondary N) is 1. The van der Waals surface area contributed by atoms with E-state index in [4.69, 9.17) is 5.73 Å². The van der Waals surface area contributed by atoms with Crippen molar-refractivity contribution in [3.8, 4) is 0 Å². The van der Waals surface area contributed by atoms with Crippen LogP contribution in [0.15, 0.2) is 53.4 Å². The first-order chi connectivity index (χ1) is 12.1. The molecule has 1 aliphatic rings. The fraction of sp³-hybridized carbons (Fsp3) is 0.316. The second-order valence-electron chi connectivity index (χ2n) is 6.17. The minimum atomic E-state index is -0.921. The number of carbonyl (C=O) groups excluding carboxylic acids is 1. The molecule has 0 radical (unpaired) electrons. The van der Waals surface area contributed by atoms with Crippen molar-refractivity contribution in [2.24, 2.45) is 11.7 Å². The van der Waals surface area contributed by atoms with Crippen LogP contribution in [0.1, 0.15) is 23.7 Å². The molecule has 1 amide bonds. The average Bonchev–Trinajstić information content (AvgIpc) is 3.46. The number of hydrogen-bond acceptors (Lipinski definition) is 3. The van der Waals surface area contributed by atoms with E-state index in [1.165, 1.54) is 17.8 Å². The van der Waals surface area contributed by atoms with Crippen LogP contribution >= 0.6 is 24.2 Å². The highest BCUT2D eigenvalue weighted by molar-refractivity contribution is 8.00. The standard InChI is InChI=1S/C19H20F2N2OS.ClH/c20-15-9-8-14(10-16(15)21)25-18(13-4-2-1-3-5-13)19(24)23-17(11-22)12-6-7-12;/h1-5,8-10,12,17-18H,6-7,11,22H2,(H,23,24);1H. The topological polar surface area (TPSA) is 55.1 Å². The zero-order valence-electron chi connectivity index (χ0n) is 14.0. The summed E-state index contributed by atoms with van der Waals surface area (Å²) in [5.74, 6) is -1.54.